The number of carbonyl (C=O) groups is 1. The van der Waals surface area contributed by atoms with Crippen molar-refractivity contribution in [2.24, 2.45) is 0 Å². The van der Waals surface area contributed by atoms with Crippen molar-refractivity contribution in [3.05, 3.63) is 66.0 Å². The van der Waals surface area contributed by atoms with E-state index < -0.39 is 21.7 Å². The molecule has 0 radical (unpaired) electrons. The van der Waals surface area contributed by atoms with Crippen molar-refractivity contribution in [2.45, 2.75) is 50.8 Å². The van der Waals surface area contributed by atoms with Gasteiger partial charge >= 0.3 is 6.09 Å². The number of aromatic nitrogens is 3. The molecule has 0 bridgehead atoms. The number of benzene rings is 2. The number of amides is 1. The first kappa shape index (κ1) is 23.4. The average molecular weight is 458 g/mol. The molecule has 0 aliphatic rings. The van der Waals surface area contributed by atoms with Crippen LogP contribution in [0.4, 0.5) is 4.79 Å². The monoisotopic (exact) mass is 457 g/mol. The summed E-state index contributed by atoms with van der Waals surface area (Å²) < 4.78 is 33.4. The second kappa shape index (κ2) is 9.49. The Labute approximate surface area is 187 Å². The van der Waals surface area contributed by atoms with Gasteiger partial charge in [-0.05, 0) is 62.6 Å². The Hall–Kier alpha value is -3.24. The Morgan fingerprint density at radius 1 is 1.12 bits per heavy atom. The van der Waals surface area contributed by atoms with Gasteiger partial charge in [0.15, 0.2) is 0 Å². The summed E-state index contributed by atoms with van der Waals surface area (Å²) in [6.45, 7) is 7.35. The van der Waals surface area contributed by atoms with Gasteiger partial charge in [-0.2, -0.15) is 4.72 Å². The molecule has 0 saturated carbocycles. The molecular formula is C22H27N5O4S. The van der Waals surface area contributed by atoms with Gasteiger partial charge in [-0.25, -0.2) is 13.2 Å². The quantitative estimate of drug-likeness (QED) is 0.476. The van der Waals surface area contributed by atoms with Crippen LogP contribution in [-0.2, 0) is 26.8 Å². The van der Waals surface area contributed by atoms with Crippen molar-refractivity contribution >= 4 is 16.1 Å². The number of sulfonamides is 1. The first-order valence-corrected chi connectivity index (χ1v) is 11.6. The molecule has 2 aromatic carbocycles. The number of nitrogens with one attached hydrogen (secondary N) is 3. The number of hydrogen-bond donors (Lipinski definition) is 3. The number of alkyl carbamates (subject to hydrolysis) is 1. The summed E-state index contributed by atoms with van der Waals surface area (Å²) in [6, 6.07) is 14.3. The van der Waals surface area contributed by atoms with Crippen molar-refractivity contribution in [3.8, 4) is 11.1 Å². The topological polar surface area (TPSA) is 126 Å². The number of nitrogens with zero attached hydrogens (tertiary/aromatic N) is 2. The van der Waals surface area contributed by atoms with Gasteiger partial charge in [0.2, 0.25) is 10.0 Å². The first-order chi connectivity index (χ1) is 15.1. The number of ether oxygens (including phenoxy) is 1. The molecule has 9 nitrogen and oxygen atoms in total. The Bertz CT molecular complexity index is 1160. The van der Waals surface area contributed by atoms with Crippen molar-refractivity contribution in [1.29, 1.82) is 0 Å². The molecule has 0 aliphatic carbocycles. The maximum absolute atomic E-state index is 12.9. The molecule has 0 fully saturated rings. The van der Waals surface area contributed by atoms with Crippen LogP contribution in [0.3, 0.4) is 0 Å². The highest BCUT2D eigenvalue weighted by molar-refractivity contribution is 7.89. The van der Waals surface area contributed by atoms with E-state index in [-0.39, 0.29) is 11.0 Å². The van der Waals surface area contributed by atoms with Gasteiger partial charge in [0.1, 0.15) is 0 Å². The van der Waals surface area contributed by atoms with E-state index in [2.05, 4.69) is 25.4 Å². The maximum atomic E-state index is 12.9. The largest absolute Gasteiger partial charge is 0.447 e. The van der Waals surface area contributed by atoms with Crippen molar-refractivity contribution < 1.29 is 17.9 Å². The smallest absolute Gasteiger partial charge is 0.407 e. The molecule has 1 amide bonds. The molecule has 0 saturated heterocycles. The number of aromatic amines is 1. The van der Waals surface area contributed by atoms with Crippen LogP contribution in [0, 0.1) is 0 Å². The summed E-state index contributed by atoms with van der Waals surface area (Å²) in [5.41, 5.74) is 2.31. The lowest BCUT2D eigenvalue weighted by Crippen LogP contribution is -2.41. The maximum Gasteiger partial charge on any atom is 0.407 e. The van der Waals surface area contributed by atoms with Crippen LogP contribution in [0.2, 0.25) is 0 Å². The second-order valence-corrected chi connectivity index (χ2v) is 9.82. The molecular weight excluding hydrogens is 430 g/mol. The summed E-state index contributed by atoms with van der Waals surface area (Å²) in [5.74, 6) is 0. The average Bonchev–Trinajstić information content (AvgIpc) is 3.27. The van der Waals surface area contributed by atoms with Crippen molar-refractivity contribution in [3.63, 3.8) is 0 Å². The van der Waals surface area contributed by atoms with E-state index in [0.717, 1.165) is 16.7 Å². The van der Waals surface area contributed by atoms with Crippen molar-refractivity contribution in [1.82, 2.24) is 25.4 Å². The predicted octanol–water partition coefficient (Wildman–Crippen LogP) is 3.32. The molecule has 0 spiro atoms. The Balaban J connectivity index is 1.72. The number of carbonyl (C=O) groups excluding carboxylic acids is 1. The molecule has 10 heteroatoms. The predicted molar refractivity (Wildman–Crippen MR) is 120 cm³/mol. The van der Waals surface area contributed by atoms with Crippen LogP contribution in [0.15, 0.2) is 59.6 Å². The molecule has 0 unspecified atom stereocenters. The zero-order chi connectivity index (χ0) is 23.4. The molecule has 170 valence electrons. The molecule has 32 heavy (non-hydrogen) atoms. The van der Waals surface area contributed by atoms with Crippen LogP contribution in [-0.4, -0.2) is 36.0 Å². The fourth-order valence-corrected chi connectivity index (χ4v) is 4.46. The highest BCUT2D eigenvalue weighted by Gasteiger charge is 2.29. The van der Waals surface area contributed by atoms with E-state index in [0.29, 0.717) is 12.2 Å². The normalized spacial score (nSPS) is 12.0. The zero-order valence-corrected chi connectivity index (χ0v) is 19.2. The van der Waals surface area contributed by atoms with Gasteiger partial charge in [-0.3, -0.25) is 5.10 Å². The van der Waals surface area contributed by atoms with Gasteiger partial charge in [-0.1, -0.05) is 35.5 Å². The van der Waals surface area contributed by atoms with Crippen LogP contribution in [0.1, 0.15) is 39.0 Å². The summed E-state index contributed by atoms with van der Waals surface area (Å²) in [6.07, 6.45) is 0.823. The van der Waals surface area contributed by atoms with Crippen LogP contribution >= 0.6 is 0 Å². The van der Waals surface area contributed by atoms with Gasteiger partial charge in [0.05, 0.1) is 28.4 Å². The van der Waals surface area contributed by atoms with Crippen LogP contribution in [0.5, 0.6) is 0 Å². The molecule has 0 aliphatic heterocycles. The lowest BCUT2D eigenvalue weighted by Gasteiger charge is -2.24. The number of rotatable bonds is 8. The van der Waals surface area contributed by atoms with Crippen LogP contribution < -0.4 is 10.0 Å². The second-order valence-electron chi connectivity index (χ2n) is 8.13. The molecule has 1 aromatic heterocycles. The molecule has 3 aromatic rings. The Morgan fingerprint density at radius 3 is 2.47 bits per heavy atom. The van der Waals surface area contributed by atoms with Gasteiger partial charge in [-0.15, -0.1) is 5.10 Å². The zero-order valence-electron chi connectivity index (χ0n) is 18.4. The van der Waals surface area contributed by atoms with E-state index in [1.54, 1.807) is 52.0 Å². The molecule has 1 heterocycles. The fraction of sp³-hybridized carbons (Fsp3) is 0.318. The fourth-order valence-electron chi connectivity index (χ4n) is 3.07. The highest BCUT2D eigenvalue weighted by Crippen LogP contribution is 2.24. The molecule has 3 N–H and O–H groups in total. The summed E-state index contributed by atoms with van der Waals surface area (Å²) in [4.78, 5) is 11.8. The van der Waals surface area contributed by atoms with E-state index in [9.17, 15) is 13.2 Å². The number of H-pyrrole nitrogens is 1. The summed E-state index contributed by atoms with van der Waals surface area (Å²) in [5, 5.41) is 12.7. The van der Waals surface area contributed by atoms with Gasteiger partial charge in [0.25, 0.3) is 0 Å². The minimum Gasteiger partial charge on any atom is -0.447 e. The minimum atomic E-state index is -3.77. The first-order valence-electron chi connectivity index (χ1n) is 10.1. The minimum absolute atomic E-state index is 0.149. The summed E-state index contributed by atoms with van der Waals surface area (Å²) in [7, 11) is -3.77. The SMILES string of the molecule is CC(C)OC(=O)NCc1cccc(-c2ccc(S(=O)(=O)NC(C)(C)c3cnn[nH]3)cc2)c1. The van der Waals surface area contributed by atoms with Crippen LogP contribution in [0.25, 0.3) is 11.1 Å². The lowest BCUT2D eigenvalue weighted by molar-refractivity contribution is 0.115. The van der Waals surface area contributed by atoms with Crippen molar-refractivity contribution in [2.75, 3.05) is 0 Å². The Kier molecular flexibility index (Phi) is 6.95. The van der Waals surface area contributed by atoms with E-state index in [1.807, 2.05) is 24.3 Å². The molecule has 0 atom stereocenters. The standard InChI is InChI=1S/C22H27N5O4S/c1-15(2)31-21(28)23-13-16-6-5-7-18(12-16)17-8-10-19(11-9-17)32(29,30)26-22(3,4)20-14-24-27-25-20/h5-12,14-15,26H,13H2,1-4H3,(H,23,28)(H,24,25,27). The number of hydrogen-bond acceptors (Lipinski definition) is 6. The summed E-state index contributed by atoms with van der Waals surface area (Å²) >= 11 is 0. The third-order valence-corrected chi connectivity index (χ3v) is 6.35. The van der Waals surface area contributed by atoms with Gasteiger partial charge < -0.3 is 10.1 Å². The lowest BCUT2D eigenvalue weighted by atomic mass is 10.0. The van der Waals surface area contributed by atoms with E-state index in [1.165, 1.54) is 6.20 Å². The highest BCUT2D eigenvalue weighted by atomic mass is 32.2. The van der Waals surface area contributed by atoms with E-state index in [4.69, 9.17) is 4.74 Å². The Morgan fingerprint density at radius 2 is 1.84 bits per heavy atom. The van der Waals surface area contributed by atoms with Gasteiger partial charge in [0, 0.05) is 6.54 Å². The third kappa shape index (κ3) is 5.92. The van der Waals surface area contributed by atoms with E-state index >= 15 is 0 Å². The molecule has 3 rings (SSSR count). The third-order valence-electron chi connectivity index (χ3n) is 4.68.